The molecule has 0 aliphatic heterocycles. The minimum absolute atomic E-state index is 0.197. The molecule has 8 heteroatoms. The number of aliphatic hydroxyl groups is 1. The molecule has 82 valence electrons. The molecule has 0 aromatic carbocycles. The van der Waals surface area contributed by atoms with E-state index in [-0.39, 0.29) is 4.88 Å². The molecule has 0 saturated carbocycles. The van der Waals surface area contributed by atoms with Gasteiger partial charge < -0.3 is 5.11 Å². The second-order valence-electron chi connectivity index (χ2n) is 2.60. The Hall–Kier alpha value is -1.24. The molecule has 1 heterocycles. The first-order valence-electron chi connectivity index (χ1n) is 3.81. The molecule has 0 aliphatic rings. The number of azide groups is 1. The van der Waals surface area contributed by atoms with Crippen LogP contribution >= 0.6 is 11.3 Å². The van der Waals surface area contributed by atoms with E-state index in [0.29, 0.717) is 11.3 Å². The van der Waals surface area contributed by atoms with Gasteiger partial charge in [-0.25, -0.2) is 0 Å². The number of hydrogen-bond acceptors (Lipinski definition) is 3. The molecule has 0 fully saturated rings. The largest absolute Gasteiger partial charge is 0.425 e. The lowest BCUT2D eigenvalue weighted by molar-refractivity contribution is -0.134. The first kappa shape index (κ1) is 11.8. The van der Waals surface area contributed by atoms with Gasteiger partial charge in [0.25, 0.3) is 0 Å². The topological polar surface area (TPSA) is 69.0 Å². The Labute approximate surface area is 86.6 Å². The summed E-state index contributed by atoms with van der Waals surface area (Å²) in [6.45, 7) is -0.512. The van der Waals surface area contributed by atoms with Crippen LogP contribution in [0.3, 0.4) is 0 Å². The van der Waals surface area contributed by atoms with Crippen molar-refractivity contribution in [3.63, 3.8) is 0 Å². The van der Waals surface area contributed by atoms with Crippen molar-refractivity contribution in [2.24, 2.45) is 5.11 Å². The van der Waals surface area contributed by atoms with Gasteiger partial charge in [-0.15, -0.1) is 11.3 Å². The summed E-state index contributed by atoms with van der Waals surface area (Å²) in [6.07, 6.45) is -4.40. The summed E-state index contributed by atoms with van der Waals surface area (Å²) in [6, 6.07) is 1.15. The minimum Gasteiger partial charge on any atom is -0.396 e. The van der Waals surface area contributed by atoms with Gasteiger partial charge in [0.1, 0.15) is 4.88 Å². The third-order valence-electron chi connectivity index (χ3n) is 1.60. The molecule has 0 bridgehead atoms. The molecule has 0 radical (unpaired) electrons. The van der Waals surface area contributed by atoms with Gasteiger partial charge in [0.15, 0.2) is 0 Å². The zero-order valence-electron chi connectivity index (χ0n) is 7.27. The summed E-state index contributed by atoms with van der Waals surface area (Å²) in [5.74, 6) is 0. The third kappa shape index (κ3) is 2.85. The van der Waals surface area contributed by atoms with E-state index in [0.717, 1.165) is 6.07 Å². The van der Waals surface area contributed by atoms with Crippen LogP contribution in [0.2, 0.25) is 0 Å². The molecular formula is C7H6F3N3OS. The van der Waals surface area contributed by atoms with E-state index in [1.807, 2.05) is 0 Å². The second-order valence-corrected chi connectivity index (χ2v) is 3.72. The quantitative estimate of drug-likeness (QED) is 0.489. The summed E-state index contributed by atoms with van der Waals surface area (Å²) in [5.41, 5.74) is 8.13. The number of hydrogen-bond donors (Lipinski definition) is 1. The van der Waals surface area contributed by atoms with Gasteiger partial charge in [0.2, 0.25) is 0 Å². The Bertz CT molecular complexity index is 383. The fourth-order valence-corrected chi connectivity index (χ4v) is 1.83. The maximum Gasteiger partial charge on any atom is 0.425 e. The second kappa shape index (κ2) is 4.52. The van der Waals surface area contributed by atoms with E-state index < -0.39 is 23.7 Å². The van der Waals surface area contributed by atoms with Crippen LogP contribution in [0.5, 0.6) is 0 Å². The molecular weight excluding hydrogens is 231 g/mol. The molecule has 0 aliphatic carbocycles. The highest BCUT2D eigenvalue weighted by Crippen LogP contribution is 2.37. The molecule has 1 atom stereocenters. The van der Waals surface area contributed by atoms with Gasteiger partial charge in [-0.1, -0.05) is 5.11 Å². The van der Waals surface area contributed by atoms with Crippen molar-refractivity contribution < 1.29 is 18.3 Å². The fourth-order valence-electron chi connectivity index (χ4n) is 0.930. The average Bonchev–Trinajstić information content (AvgIpc) is 2.62. The Kier molecular flexibility index (Phi) is 3.57. The van der Waals surface area contributed by atoms with E-state index in [4.69, 9.17) is 10.6 Å². The van der Waals surface area contributed by atoms with Crippen molar-refractivity contribution in [1.29, 1.82) is 0 Å². The van der Waals surface area contributed by atoms with Crippen molar-refractivity contribution in [3.8, 4) is 0 Å². The zero-order chi connectivity index (χ0) is 11.5. The third-order valence-corrected chi connectivity index (χ3v) is 2.83. The molecule has 1 N–H and O–H groups in total. The van der Waals surface area contributed by atoms with Crippen molar-refractivity contribution in [1.82, 2.24) is 0 Å². The van der Waals surface area contributed by atoms with E-state index in [1.54, 1.807) is 0 Å². The first-order valence-corrected chi connectivity index (χ1v) is 4.62. The smallest absolute Gasteiger partial charge is 0.396 e. The molecule has 15 heavy (non-hydrogen) atoms. The van der Waals surface area contributed by atoms with E-state index in [2.05, 4.69) is 10.0 Å². The highest BCUT2D eigenvalue weighted by molar-refractivity contribution is 7.12. The van der Waals surface area contributed by atoms with Crippen LogP contribution in [-0.2, 0) is 6.18 Å². The Morgan fingerprint density at radius 1 is 1.53 bits per heavy atom. The predicted molar refractivity (Wildman–Crippen MR) is 48.3 cm³/mol. The standard InChI is InChI=1S/C7H6F3N3OS/c8-7(9,10)6-2-1-5(15-6)4(3-14)12-13-11/h1-2,4,14H,3H2. The maximum atomic E-state index is 12.2. The lowest BCUT2D eigenvalue weighted by Gasteiger charge is -2.04. The number of alkyl halides is 3. The van der Waals surface area contributed by atoms with Gasteiger partial charge >= 0.3 is 6.18 Å². The molecule has 0 spiro atoms. The van der Waals surface area contributed by atoms with Crippen LogP contribution in [0.4, 0.5) is 13.2 Å². The lowest BCUT2D eigenvalue weighted by atomic mass is 10.3. The number of thiophene rings is 1. The zero-order valence-corrected chi connectivity index (χ0v) is 8.09. The number of aliphatic hydroxyl groups excluding tert-OH is 1. The van der Waals surface area contributed by atoms with Crippen molar-refractivity contribution >= 4 is 11.3 Å². The molecule has 0 amide bonds. The molecule has 1 rings (SSSR count). The number of halogens is 3. The monoisotopic (exact) mass is 237 g/mol. The number of nitrogens with zero attached hydrogens (tertiary/aromatic N) is 3. The summed E-state index contributed by atoms with van der Waals surface area (Å²) >= 11 is 0.463. The van der Waals surface area contributed by atoms with Crippen molar-refractivity contribution in [2.75, 3.05) is 6.61 Å². The fraction of sp³-hybridized carbons (Fsp3) is 0.429. The maximum absolute atomic E-state index is 12.2. The molecule has 4 nitrogen and oxygen atoms in total. The van der Waals surface area contributed by atoms with Crippen molar-refractivity contribution in [2.45, 2.75) is 12.2 Å². The Balaban J connectivity index is 2.97. The van der Waals surface area contributed by atoms with E-state index in [1.165, 1.54) is 6.07 Å². The van der Waals surface area contributed by atoms with Crippen LogP contribution in [0.1, 0.15) is 15.8 Å². The molecule has 1 unspecified atom stereocenters. The van der Waals surface area contributed by atoms with Crippen molar-refractivity contribution in [3.05, 3.63) is 32.3 Å². The molecule has 0 saturated heterocycles. The van der Waals surface area contributed by atoms with Gasteiger partial charge in [0, 0.05) is 9.79 Å². The number of rotatable bonds is 3. The average molecular weight is 237 g/mol. The van der Waals surface area contributed by atoms with E-state index >= 15 is 0 Å². The molecule has 1 aromatic rings. The summed E-state index contributed by atoms with van der Waals surface area (Å²) in [7, 11) is 0. The van der Waals surface area contributed by atoms with Crippen LogP contribution < -0.4 is 0 Å². The Morgan fingerprint density at radius 2 is 2.20 bits per heavy atom. The first-order chi connectivity index (χ1) is 6.99. The normalized spacial score (nSPS) is 13.3. The van der Waals surface area contributed by atoms with Crippen LogP contribution in [0.15, 0.2) is 17.2 Å². The van der Waals surface area contributed by atoms with Gasteiger partial charge in [-0.2, -0.15) is 13.2 Å². The molecule has 1 aromatic heterocycles. The van der Waals surface area contributed by atoms with Gasteiger partial charge in [0.05, 0.1) is 12.6 Å². The summed E-state index contributed by atoms with van der Waals surface area (Å²) in [5, 5.41) is 12.0. The predicted octanol–water partition coefficient (Wildman–Crippen LogP) is 3.11. The van der Waals surface area contributed by atoms with Gasteiger partial charge in [-0.3, -0.25) is 0 Å². The van der Waals surface area contributed by atoms with Gasteiger partial charge in [-0.05, 0) is 17.7 Å². The lowest BCUT2D eigenvalue weighted by Crippen LogP contribution is -2.01. The van der Waals surface area contributed by atoms with Crippen LogP contribution in [0, 0.1) is 0 Å². The highest BCUT2D eigenvalue weighted by atomic mass is 32.1. The Morgan fingerprint density at radius 3 is 2.60 bits per heavy atom. The van der Waals surface area contributed by atoms with Crippen LogP contribution in [0.25, 0.3) is 10.4 Å². The SMILES string of the molecule is [N-]=[N+]=NC(CO)c1ccc(C(F)(F)F)s1. The minimum atomic E-state index is -4.40. The van der Waals surface area contributed by atoms with Crippen LogP contribution in [-0.4, -0.2) is 11.7 Å². The summed E-state index contributed by atoms with van der Waals surface area (Å²) in [4.78, 5) is 1.87. The highest BCUT2D eigenvalue weighted by Gasteiger charge is 2.33. The van der Waals surface area contributed by atoms with E-state index in [9.17, 15) is 13.2 Å². The summed E-state index contributed by atoms with van der Waals surface area (Å²) < 4.78 is 36.6.